The van der Waals surface area contributed by atoms with Crippen molar-refractivity contribution >= 4 is 0 Å². The quantitative estimate of drug-likeness (QED) is 0.444. The summed E-state index contributed by atoms with van der Waals surface area (Å²) in [6.45, 7) is 9.13. The van der Waals surface area contributed by atoms with Gasteiger partial charge < -0.3 is 18.9 Å². The van der Waals surface area contributed by atoms with Gasteiger partial charge in [0.05, 0.1) is 39.0 Å². The summed E-state index contributed by atoms with van der Waals surface area (Å²) in [5.41, 5.74) is 0. The summed E-state index contributed by atoms with van der Waals surface area (Å²) in [4.78, 5) is 0. The highest BCUT2D eigenvalue weighted by molar-refractivity contribution is 4.57. The first kappa shape index (κ1) is 15.6. The van der Waals surface area contributed by atoms with Crippen molar-refractivity contribution < 1.29 is 18.9 Å². The third-order valence-corrected chi connectivity index (χ3v) is 1.06. The van der Waals surface area contributed by atoms with E-state index in [1.165, 1.54) is 12.5 Å². The van der Waals surface area contributed by atoms with Crippen molar-refractivity contribution in [1.29, 1.82) is 0 Å². The minimum Gasteiger partial charge on any atom is -0.474 e. The summed E-state index contributed by atoms with van der Waals surface area (Å²) in [7, 11) is 3.30. The van der Waals surface area contributed by atoms with Gasteiger partial charge in [0, 0.05) is 14.2 Å². The van der Waals surface area contributed by atoms with Crippen LogP contribution in [-0.4, -0.2) is 40.6 Å². The zero-order chi connectivity index (χ0) is 11.1. The maximum atomic E-state index is 5.06. The molecule has 0 N–H and O–H groups in total. The fraction of sp³-hybridized carbons (Fsp3) is 0.600. The number of methoxy groups -OCH3 is 2. The Hall–Kier alpha value is -0.840. The minimum absolute atomic E-state index is 0.653. The summed E-state index contributed by atoms with van der Waals surface area (Å²) in [5.74, 6) is 0. The van der Waals surface area contributed by atoms with E-state index in [-0.39, 0.29) is 0 Å². The molecule has 14 heavy (non-hydrogen) atoms. The third kappa shape index (κ3) is 22.5. The predicted octanol–water partition coefficient (Wildman–Crippen LogP) is 1.59. The van der Waals surface area contributed by atoms with E-state index < -0.39 is 0 Å². The fourth-order valence-corrected chi connectivity index (χ4v) is 0.455. The van der Waals surface area contributed by atoms with Gasteiger partial charge in [-0.25, -0.2) is 0 Å². The van der Waals surface area contributed by atoms with Gasteiger partial charge in [-0.15, -0.1) is 0 Å². The zero-order valence-electron chi connectivity index (χ0n) is 9.03. The topological polar surface area (TPSA) is 36.9 Å². The van der Waals surface area contributed by atoms with Crippen LogP contribution in [0.1, 0.15) is 0 Å². The summed E-state index contributed by atoms with van der Waals surface area (Å²) in [6, 6.07) is 0. The van der Waals surface area contributed by atoms with E-state index in [0.29, 0.717) is 26.4 Å². The first-order valence-corrected chi connectivity index (χ1v) is 4.26. The van der Waals surface area contributed by atoms with Crippen LogP contribution in [0.3, 0.4) is 0 Å². The molecule has 0 radical (unpaired) electrons. The summed E-state index contributed by atoms with van der Waals surface area (Å²) in [6.07, 6.45) is 2.62. The first-order valence-electron chi connectivity index (χ1n) is 4.26. The van der Waals surface area contributed by atoms with Gasteiger partial charge >= 0.3 is 0 Å². The van der Waals surface area contributed by atoms with Crippen molar-refractivity contribution in [2.75, 3.05) is 40.6 Å². The lowest BCUT2D eigenvalue weighted by molar-refractivity contribution is 0.0385. The smallest absolute Gasteiger partial charge is 0.0829 e. The third-order valence-electron chi connectivity index (χ3n) is 1.06. The summed E-state index contributed by atoms with van der Waals surface area (Å²) < 4.78 is 18.9. The van der Waals surface area contributed by atoms with Crippen LogP contribution < -0.4 is 0 Å². The van der Waals surface area contributed by atoms with Crippen LogP contribution in [0.15, 0.2) is 25.7 Å². The van der Waals surface area contributed by atoms with Crippen LogP contribution in [0.2, 0.25) is 0 Å². The van der Waals surface area contributed by atoms with Crippen LogP contribution >= 0.6 is 0 Å². The molecular weight excluding hydrogens is 184 g/mol. The van der Waals surface area contributed by atoms with Crippen LogP contribution in [0, 0.1) is 0 Å². The molecule has 0 fully saturated rings. The fourth-order valence-electron chi connectivity index (χ4n) is 0.455. The Morgan fingerprint density at radius 2 is 1.29 bits per heavy atom. The van der Waals surface area contributed by atoms with Crippen molar-refractivity contribution in [3.8, 4) is 0 Å². The lowest BCUT2D eigenvalue weighted by Gasteiger charge is -2.00. The second-order valence-corrected chi connectivity index (χ2v) is 2.07. The highest BCUT2D eigenvalue weighted by atomic mass is 16.5. The second kappa shape index (κ2) is 18.0. The highest BCUT2D eigenvalue weighted by Gasteiger charge is 1.84. The highest BCUT2D eigenvalue weighted by Crippen LogP contribution is 1.75. The lowest BCUT2D eigenvalue weighted by Crippen LogP contribution is -2.06. The van der Waals surface area contributed by atoms with Crippen LogP contribution in [-0.2, 0) is 18.9 Å². The molecule has 4 nitrogen and oxygen atoms in total. The molecule has 0 aliphatic carbocycles. The Morgan fingerprint density at radius 1 is 0.857 bits per heavy atom. The van der Waals surface area contributed by atoms with E-state index in [0.717, 1.165) is 0 Å². The molecule has 0 unspecified atom stereocenters. The van der Waals surface area contributed by atoms with Crippen LogP contribution in [0.5, 0.6) is 0 Å². The average molecular weight is 204 g/mol. The molecule has 0 aromatic carbocycles. The van der Waals surface area contributed by atoms with Crippen molar-refractivity contribution in [3.05, 3.63) is 25.7 Å². The van der Waals surface area contributed by atoms with Gasteiger partial charge in [0.2, 0.25) is 0 Å². The van der Waals surface area contributed by atoms with Crippen molar-refractivity contribution in [1.82, 2.24) is 0 Å². The normalized spacial score (nSPS) is 8.43. The molecule has 0 saturated heterocycles. The molecule has 0 atom stereocenters. The molecule has 0 spiro atoms. The minimum atomic E-state index is 0.653. The van der Waals surface area contributed by atoms with Gasteiger partial charge in [0.25, 0.3) is 0 Å². The molecule has 0 heterocycles. The van der Waals surface area contributed by atoms with E-state index in [1.54, 1.807) is 14.2 Å². The van der Waals surface area contributed by atoms with E-state index in [9.17, 15) is 0 Å². The number of hydrogen-bond donors (Lipinski definition) is 0. The van der Waals surface area contributed by atoms with Gasteiger partial charge in [-0.1, -0.05) is 13.2 Å². The predicted molar refractivity (Wildman–Crippen MR) is 56.1 cm³/mol. The van der Waals surface area contributed by atoms with E-state index >= 15 is 0 Å². The molecule has 0 aliphatic heterocycles. The Bertz CT molecular complexity index is 103. The number of hydrogen-bond acceptors (Lipinski definition) is 4. The number of rotatable bonds is 8. The van der Waals surface area contributed by atoms with Gasteiger partial charge in [-0.05, 0) is 0 Å². The van der Waals surface area contributed by atoms with Crippen molar-refractivity contribution in [2.45, 2.75) is 0 Å². The molecular formula is C10H20O4. The molecule has 0 saturated carbocycles. The molecule has 0 bridgehead atoms. The molecule has 0 aliphatic rings. The lowest BCUT2D eigenvalue weighted by atomic mass is 10.7. The Morgan fingerprint density at radius 3 is 1.50 bits per heavy atom. The standard InChI is InChI=1S/C6H14O3.C4H6O/c1-7-3-5-9-6-4-8-2;1-3-5-4-2/h3-6H2,1-2H3;3-4H,1-2H2. The second-order valence-electron chi connectivity index (χ2n) is 2.07. The Kier molecular flexibility index (Phi) is 20.1. The van der Waals surface area contributed by atoms with Gasteiger partial charge in [-0.3, -0.25) is 0 Å². The zero-order valence-corrected chi connectivity index (χ0v) is 9.03. The first-order chi connectivity index (χ1) is 6.83. The Balaban J connectivity index is 0. The Labute approximate surface area is 86.1 Å². The average Bonchev–Trinajstić information content (AvgIpc) is 2.20. The van der Waals surface area contributed by atoms with Gasteiger partial charge in [0.15, 0.2) is 0 Å². The van der Waals surface area contributed by atoms with E-state index in [2.05, 4.69) is 17.9 Å². The van der Waals surface area contributed by atoms with Crippen LogP contribution in [0.25, 0.3) is 0 Å². The summed E-state index contributed by atoms with van der Waals surface area (Å²) >= 11 is 0. The summed E-state index contributed by atoms with van der Waals surface area (Å²) in [5, 5.41) is 0. The van der Waals surface area contributed by atoms with Gasteiger partial charge in [-0.2, -0.15) is 0 Å². The van der Waals surface area contributed by atoms with Crippen molar-refractivity contribution in [3.63, 3.8) is 0 Å². The van der Waals surface area contributed by atoms with E-state index in [4.69, 9.17) is 14.2 Å². The molecule has 0 rings (SSSR count). The molecule has 0 aromatic heterocycles. The van der Waals surface area contributed by atoms with Crippen LogP contribution in [0.4, 0.5) is 0 Å². The van der Waals surface area contributed by atoms with Crippen molar-refractivity contribution in [2.24, 2.45) is 0 Å². The van der Waals surface area contributed by atoms with Gasteiger partial charge in [0.1, 0.15) is 0 Å². The largest absolute Gasteiger partial charge is 0.474 e. The molecule has 84 valence electrons. The SMILES string of the molecule is C=COC=C.COCCOCCOC. The molecule has 4 heteroatoms. The van der Waals surface area contributed by atoms with E-state index in [1.807, 2.05) is 0 Å². The number of ether oxygens (including phenoxy) is 4. The maximum Gasteiger partial charge on any atom is 0.0829 e. The maximum absolute atomic E-state index is 5.06. The molecule has 0 aromatic rings. The monoisotopic (exact) mass is 204 g/mol. The molecule has 0 amide bonds.